The van der Waals surface area contributed by atoms with Crippen molar-refractivity contribution in [1.29, 1.82) is 4.78 Å². The van der Waals surface area contributed by atoms with Gasteiger partial charge in [-0.05, 0) is 62.7 Å². The van der Waals surface area contributed by atoms with Crippen LogP contribution in [0.4, 0.5) is 0 Å². The van der Waals surface area contributed by atoms with Gasteiger partial charge in [-0.3, -0.25) is 9.59 Å². The van der Waals surface area contributed by atoms with E-state index >= 15 is 0 Å². The standard InChI is InChI=1S/C22H39BN4O5S/c1-6-18(23-31-17-12-14-11-16(21(14,2)3)22(17,4)32-23)25-19(28)13-27-10-8-7-9-15(20(27)29)26-33(5,24)30/h14-18H,6-13H2,1-5H3,(H,25,28)(H2,24,26,30). The number of amides is 2. The fourth-order valence-corrected chi connectivity index (χ4v) is 7.26. The highest BCUT2D eigenvalue weighted by Gasteiger charge is 2.68. The summed E-state index contributed by atoms with van der Waals surface area (Å²) in [5.74, 6) is 0.299. The van der Waals surface area contributed by atoms with Gasteiger partial charge < -0.3 is 19.5 Å². The lowest BCUT2D eigenvalue weighted by molar-refractivity contribution is -0.199. The molecular formula is C22H39BN4O5S. The van der Waals surface area contributed by atoms with Gasteiger partial charge in [0.1, 0.15) is 9.92 Å². The maximum atomic E-state index is 12.9. The van der Waals surface area contributed by atoms with E-state index in [9.17, 15) is 13.8 Å². The molecule has 2 aliphatic heterocycles. The van der Waals surface area contributed by atoms with Crippen molar-refractivity contribution in [2.24, 2.45) is 17.3 Å². The molecule has 0 aromatic heterocycles. The van der Waals surface area contributed by atoms with Crippen LogP contribution in [0.15, 0.2) is 0 Å². The third kappa shape index (κ3) is 4.70. The van der Waals surface area contributed by atoms with Gasteiger partial charge in [0.05, 0.1) is 30.2 Å². The molecule has 5 rings (SSSR count). The molecular weight excluding hydrogens is 443 g/mol. The Morgan fingerprint density at radius 1 is 1.33 bits per heavy atom. The molecule has 0 aromatic carbocycles. The van der Waals surface area contributed by atoms with Crippen molar-refractivity contribution < 1.29 is 23.1 Å². The topological polar surface area (TPSA) is 121 Å². The highest BCUT2D eigenvalue weighted by Crippen LogP contribution is 2.65. The van der Waals surface area contributed by atoms with Crippen molar-refractivity contribution in [3.8, 4) is 0 Å². The van der Waals surface area contributed by atoms with Crippen LogP contribution in [0.25, 0.3) is 0 Å². The number of rotatable bonds is 7. The molecule has 7 unspecified atom stereocenters. The molecule has 3 N–H and O–H groups in total. The van der Waals surface area contributed by atoms with Gasteiger partial charge in [-0.2, -0.15) is 0 Å². The number of nitrogens with one attached hydrogen (secondary N) is 3. The zero-order chi connectivity index (χ0) is 24.2. The van der Waals surface area contributed by atoms with Crippen LogP contribution in [0, 0.1) is 22.0 Å². The van der Waals surface area contributed by atoms with Gasteiger partial charge in [0.25, 0.3) is 0 Å². The first-order chi connectivity index (χ1) is 15.3. The van der Waals surface area contributed by atoms with Crippen LogP contribution in [-0.4, -0.2) is 71.1 Å². The fourth-order valence-electron chi connectivity index (χ4n) is 6.50. The Bertz CT molecular complexity index is 899. The second kappa shape index (κ2) is 8.80. The molecule has 2 amide bonds. The Hall–Kier alpha value is -1.17. The maximum absolute atomic E-state index is 12.9. The van der Waals surface area contributed by atoms with Crippen LogP contribution in [0.1, 0.15) is 66.2 Å². The highest BCUT2D eigenvalue weighted by atomic mass is 32.2. The molecule has 0 radical (unpaired) electrons. The summed E-state index contributed by atoms with van der Waals surface area (Å²) in [5.41, 5.74) is -0.0720. The van der Waals surface area contributed by atoms with Gasteiger partial charge in [-0.15, -0.1) is 0 Å². The first kappa shape index (κ1) is 24.9. The third-order valence-electron chi connectivity index (χ3n) is 8.57. The molecule has 2 saturated heterocycles. The van der Waals surface area contributed by atoms with Crippen LogP contribution < -0.4 is 10.0 Å². The second-order valence-electron chi connectivity index (χ2n) is 11.2. The number of likely N-dealkylation sites (tertiary alicyclic amines) is 1. The van der Waals surface area contributed by atoms with Gasteiger partial charge in [0.2, 0.25) is 11.8 Å². The van der Waals surface area contributed by atoms with Crippen LogP contribution in [0.2, 0.25) is 0 Å². The van der Waals surface area contributed by atoms with E-state index in [-0.39, 0.29) is 41.4 Å². The Morgan fingerprint density at radius 3 is 2.70 bits per heavy atom. The molecule has 7 atom stereocenters. The van der Waals surface area contributed by atoms with E-state index in [1.54, 1.807) is 0 Å². The lowest BCUT2D eigenvalue weighted by Gasteiger charge is -2.64. The van der Waals surface area contributed by atoms with Crippen molar-refractivity contribution in [2.45, 2.75) is 89.9 Å². The maximum Gasteiger partial charge on any atom is 0.481 e. The molecule has 0 spiro atoms. The molecule has 3 aliphatic carbocycles. The summed E-state index contributed by atoms with van der Waals surface area (Å²) in [7, 11) is -3.51. The van der Waals surface area contributed by atoms with Crippen LogP contribution >= 0.6 is 0 Å². The average Bonchev–Trinajstić information content (AvgIpc) is 3.00. The Kier molecular flexibility index (Phi) is 6.65. The molecule has 5 fully saturated rings. The zero-order valence-corrected chi connectivity index (χ0v) is 21.3. The lowest BCUT2D eigenvalue weighted by atomic mass is 9.43. The summed E-state index contributed by atoms with van der Waals surface area (Å²) < 4.78 is 34.9. The SMILES string of the molecule is CCC(NC(=O)CN1CCCCC(NS(C)(=N)=O)C1=O)B1OC2CC3CC(C3(C)C)C2(C)O1. The van der Waals surface area contributed by atoms with Gasteiger partial charge in [0.15, 0.2) is 0 Å². The normalized spacial score (nSPS) is 38.0. The minimum atomic E-state index is -3.02. The van der Waals surface area contributed by atoms with Crippen molar-refractivity contribution in [1.82, 2.24) is 14.9 Å². The molecule has 2 bridgehead atoms. The molecule has 9 nitrogen and oxygen atoms in total. The first-order valence-electron chi connectivity index (χ1n) is 12.3. The average molecular weight is 482 g/mol. The predicted octanol–water partition coefficient (Wildman–Crippen LogP) is 1.71. The van der Waals surface area contributed by atoms with E-state index in [0.29, 0.717) is 31.2 Å². The summed E-state index contributed by atoms with van der Waals surface area (Å²) >= 11 is 0. The molecule has 0 aromatic rings. The largest absolute Gasteiger partial charge is 0.481 e. The van der Waals surface area contributed by atoms with E-state index in [1.807, 2.05) is 6.92 Å². The van der Waals surface area contributed by atoms with E-state index in [4.69, 9.17) is 14.1 Å². The van der Waals surface area contributed by atoms with Gasteiger partial charge in [-0.1, -0.05) is 20.8 Å². The molecule has 186 valence electrons. The van der Waals surface area contributed by atoms with Crippen molar-refractivity contribution in [2.75, 3.05) is 19.3 Å². The zero-order valence-electron chi connectivity index (χ0n) is 20.5. The molecule has 2 heterocycles. The summed E-state index contributed by atoms with van der Waals surface area (Å²) in [6.45, 7) is 9.20. The summed E-state index contributed by atoms with van der Waals surface area (Å²) in [5, 5.41) is 3.04. The minimum Gasteiger partial charge on any atom is -0.404 e. The van der Waals surface area contributed by atoms with Gasteiger partial charge >= 0.3 is 7.12 Å². The quantitative estimate of drug-likeness (QED) is 0.477. The summed E-state index contributed by atoms with van der Waals surface area (Å²) in [6, 6.07) is -0.698. The van der Waals surface area contributed by atoms with E-state index < -0.39 is 23.1 Å². The van der Waals surface area contributed by atoms with Crippen LogP contribution in [0.3, 0.4) is 0 Å². The number of carbonyl (C=O) groups is 2. The fraction of sp³-hybridized carbons (Fsp3) is 0.909. The number of hydrogen-bond acceptors (Lipinski definition) is 6. The van der Waals surface area contributed by atoms with Gasteiger partial charge in [0, 0.05) is 12.8 Å². The number of nitrogens with zero attached hydrogens (tertiary/aromatic N) is 1. The minimum absolute atomic E-state index is 0.0537. The van der Waals surface area contributed by atoms with E-state index in [2.05, 4.69) is 30.8 Å². The smallest absolute Gasteiger partial charge is 0.404 e. The Morgan fingerprint density at radius 2 is 2.06 bits per heavy atom. The van der Waals surface area contributed by atoms with Crippen molar-refractivity contribution >= 4 is 28.8 Å². The van der Waals surface area contributed by atoms with Crippen LogP contribution in [-0.2, 0) is 28.8 Å². The van der Waals surface area contributed by atoms with Gasteiger partial charge in [-0.25, -0.2) is 13.7 Å². The van der Waals surface area contributed by atoms with E-state index in [1.165, 1.54) is 17.6 Å². The second-order valence-corrected chi connectivity index (χ2v) is 13.1. The van der Waals surface area contributed by atoms with Crippen LogP contribution in [0.5, 0.6) is 0 Å². The summed E-state index contributed by atoms with van der Waals surface area (Å²) in [6.07, 6.45) is 6.20. The molecule has 5 aliphatic rings. The lowest BCUT2D eigenvalue weighted by Crippen LogP contribution is -2.65. The number of hydrogen-bond donors (Lipinski definition) is 3. The van der Waals surface area contributed by atoms with E-state index in [0.717, 1.165) is 19.3 Å². The molecule has 3 saturated carbocycles. The monoisotopic (exact) mass is 482 g/mol. The Balaban J connectivity index is 1.37. The first-order valence-corrected chi connectivity index (χ1v) is 14.2. The molecule has 11 heteroatoms. The third-order valence-corrected chi connectivity index (χ3v) is 9.30. The van der Waals surface area contributed by atoms with Crippen molar-refractivity contribution in [3.05, 3.63) is 0 Å². The Labute approximate surface area is 198 Å². The highest BCUT2D eigenvalue weighted by molar-refractivity contribution is 7.89. The molecule has 33 heavy (non-hydrogen) atoms. The predicted molar refractivity (Wildman–Crippen MR) is 126 cm³/mol. The summed E-state index contributed by atoms with van der Waals surface area (Å²) in [4.78, 5) is 27.3. The van der Waals surface area contributed by atoms with Crippen molar-refractivity contribution in [3.63, 3.8) is 0 Å². The number of carbonyl (C=O) groups excluding carboxylic acids is 2.